The third-order valence-corrected chi connectivity index (χ3v) is 8.31. The van der Waals surface area contributed by atoms with Crippen LogP contribution in [-0.4, -0.2) is 128 Å². The van der Waals surface area contributed by atoms with Gasteiger partial charge in [-0.1, -0.05) is 24.3 Å². The Morgan fingerprint density at radius 1 is 0.885 bits per heavy atom. The molecule has 2 fully saturated rings. The van der Waals surface area contributed by atoms with Gasteiger partial charge in [0.05, 0.1) is 25.9 Å². The van der Waals surface area contributed by atoms with Gasteiger partial charge in [-0.15, -0.1) is 0 Å². The van der Waals surface area contributed by atoms with Crippen molar-refractivity contribution in [2.45, 2.75) is 48.7 Å². The van der Waals surface area contributed by atoms with Crippen molar-refractivity contribution in [3.63, 3.8) is 0 Å². The van der Waals surface area contributed by atoms with Gasteiger partial charge in [0.25, 0.3) is 0 Å². The van der Waals surface area contributed by atoms with Gasteiger partial charge >= 0.3 is 5.97 Å². The van der Waals surface area contributed by atoms with Crippen molar-refractivity contribution in [1.82, 2.24) is 0 Å². The molecule has 16 heteroatoms. The highest BCUT2D eigenvalue weighted by molar-refractivity contribution is 6.08. The summed E-state index contributed by atoms with van der Waals surface area (Å²) in [5.74, 6) is -1.68. The second kappa shape index (κ2) is 16.5. The van der Waals surface area contributed by atoms with Gasteiger partial charge in [-0.2, -0.15) is 0 Å². The van der Waals surface area contributed by atoms with Gasteiger partial charge in [-0.25, -0.2) is 4.79 Å². The number of ether oxygens (including phenoxy) is 6. The standard InChI is InChI=1S/C36H38O16/c1-47-27-14-20(5-12-25(27)40)6-13-29(42)48-17-36(46)18-49-35(33(36)45)52-32-31(44)30(43)28(16-37)51-34(32)50-22-8-2-19(3-9-22)4-11-24(39)23-10-7-21(38)15-26(23)41/h2-15,28,30-35,37-38,40-41,43-46H,16-18H2,1H3/b11-4+,13-6+. The number of hydrogen-bond donors (Lipinski definition) is 8. The number of aromatic hydroxyl groups is 3. The molecule has 2 aliphatic heterocycles. The van der Waals surface area contributed by atoms with Gasteiger partial charge in [0.1, 0.15) is 48.3 Å². The first kappa shape index (κ1) is 38.2. The maximum atomic E-state index is 12.5. The quantitative estimate of drug-likeness (QED) is 0.0683. The molecule has 2 aliphatic rings. The molecule has 0 amide bonds. The third kappa shape index (κ3) is 8.87. The molecule has 2 heterocycles. The predicted octanol–water partition coefficient (Wildman–Crippen LogP) is 0.616. The second-order valence-electron chi connectivity index (χ2n) is 12.0. The van der Waals surface area contributed by atoms with Crippen molar-refractivity contribution in [3.05, 3.63) is 89.5 Å². The third-order valence-electron chi connectivity index (χ3n) is 8.31. The number of esters is 1. The van der Waals surface area contributed by atoms with E-state index >= 15 is 0 Å². The summed E-state index contributed by atoms with van der Waals surface area (Å²) in [6.07, 6.45) is -5.97. The van der Waals surface area contributed by atoms with Crippen LogP contribution >= 0.6 is 0 Å². The summed E-state index contributed by atoms with van der Waals surface area (Å²) in [6, 6.07) is 14.1. The molecule has 3 aromatic rings. The van der Waals surface area contributed by atoms with Gasteiger partial charge in [0.2, 0.25) is 6.29 Å². The van der Waals surface area contributed by atoms with Crippen LogP contribution in [0.2, 0.25) is 0 Å². The first-order valence-corrected chi connectivity index (χ1v) is 15.8. The average molecular weight is 727 g/mol. The molecule has 3 aromatic carbocycles. The lowest BCUT2D eigenvalue weighted by Gasteiger charge is -2.42. The van der Waals surface area contributed by atoms with Crippen LogP contribution in [0.5, 0.6) is 28.7 Å². The number of rotatable bonds is 13. The summed E-state index contributed by atoms with van der Waals surface area (Å²) in [5.41, 5.74) is -1.08. The van der Waals surface area contributed by atoms with Crippen LogP contribution in [0, 0.1) is 0 Å². The van der Waals surface area contributed by atoms with Gasteiger partial charge in [-0.05, 0) is 59.7 Å². The number of phenolic OH excluding ortho intramolecular Hbond substituents is 3. The summed E-state index contributed by atoms with van der Waals surface area (Å²) >= 11 is 0. The number of carbonyl (C=O) groups is 2. The molecule has 0 radical (unpaired) electrons. The highest BCUT2D eigenvalue weighted by atomic mass is 16.8. The Bertz CT molecular complexity index is 1770. The topological polar surface area (TPSA) is 251 Å². The Morgan fingerprint density at radius 2 is 1.60 bits per heavy atom. The van der Waals surface area contributed by atoms with E-state index in [0.717, 1.165) is 12.1 Å². The minimum atomic E-state index is -2.13. The van der Waals surface area contributed by atoms with E-state index in [4.69, 9.17) is 28.4 Å². The largest absolute Gasteiger partial charge is 0.508 e. The zero-order valence-corrected chi connectivity index (χ0v) is 27.6. The molecule has 0 aromatic heterocycles. The number of allylic oxidation sites excluding steroid dienone is 1. The summed E-state index contributed by atoms with van der Waals surface area (Å²) < 4.78 is 32.9. The first-order valence-electron chi connectivity index (χ1n) is 15.8. The van der Waals surface area contributed by atoms with E-state index in [1.807, 2.05) is 0 Å². The number of aliphatic hydroxyl groups is 5. The van der Waals surface area contributed by atoms with Crippen LogP contribution in [0.3, 0.4) is 0 Å². The van der Waals surface area contributed by atoms with Gasteiger partial charge in [-0.3, -0.25) is 4.79 Å². The lowest BCUT2D eigenvalue weighted by atomic mass is 9.98. The summed E-state index contributed by atoms with van der Waals surface area (Å²) in [4.78, 5) is 24.8. The lowest BCUT2D eigenvalue weighted by molar-refractivity contribution is -0.318. The molecule has 0 saturated carbocycles. The molecule has 8 unspecified atom stereocenters. The molecular formula is C36H38O16. The summed E-state index contributed by atoms with van der Waals surface area (Å²) in [7, 11) is 1.37. The van der Waals surface area contributed by atoms with E-state index in [-0.39, 0.29) is 34.3 Å². The minimum Gasteiger partial charge on any atom is -0.508 e. The molecule has 278 valence electrons. The van der Waals surface area contributed by atoms with Crippen LogP contribution in [0.25, 0.3) is 12.2 Å². The fraction of sp³-hybridized carbons (Fsp3) is 0.333. The van der Waals surface area contributed by atoms with Crippen molar-refractivity contribution in [2.75, 3.05) is 26.9 Å². The molecule has 0 spiro atoms. The van der Waals surface area contributed by atoms with Crippen LogP contribution in [0.1, 0.15) is 21.5 Å². The maximum absolute atomic E-state index is 12.5. The van der Waals surface area contributed by atoms with E-state index in [9.17, 15) is 50.4 Å². The molecule has 8 atom stereocenters. The van der Waals surface area contributed by atoms with E-state index < -0.39 is 80.3 Å². The fourth-order valence-electron chi connectivity index (χ4n) is 5.34. The van der Waals surface area contributed by atoms with E-state index in [1.165, 1.54) is 67.8 Å². The SMILES string of the molecule is COc1cc(/C=C/C(=O)OCC2(O)COC(OC3C(Oc4ccc(/C=C/C(=O)c5ccc(O)cc5O)cc4)OC(CO)C(O)C3O)C2O)ccc1O. The number of benzene rings is 3. The Labute approximate surface area is 296 Å². The molecule has 5 rings (SSSR count). The highest BCUT2D eigenvalue weighted by Gasteiger charge is 2.54. The van der Waals surface area contributed by atoms with Crippen molar-refractivity contribution >= 4 is 23.9 Å². The number of aliphatic hydroxyl groups excluding tert-OH is 4. The van der Waals surface area contributed by atoms with Crippen molar-refractivity contribution in [2.24, 2.45) is 0 Å². The van der Waals surface area contributed by atoms with Crippen molar-refractivity contribution < 1.29 is 78.9 Å². The molecular weight excluding hydrogens is 688 g/mol. The number of ketones is 1. The zero-order valence-electron chi connectivity index (χ0n) is 27.6. The van der Waals surface area contributed by atoms with E-state index in [0.29, 0.717) is 11.1 Å². The number of phenols is 3. The normalized spacial score (nSPS) is 27.5. The molecule has 0 bridgehead atoms. The second-order valence-corrected chi connectivity index (χ2v) is 12.0. The molecule has 16 nitrogen and oxygen atoms in total. The van der Waals surface area contributed by atoms with Gasteiger partial charge in [0, 0.05) is 12.1 Å². The van der Waals surface area contributed by atoms with Gasteiger partial charge in [0.15, 0.2) is 35.3 Å². The van der Waals surface area contributed by atoms with E-state index in [1.54, 1.807) is 12.1 Å². The lowest BCUT2D eigenvalue weighted by Crippen LogP contribution is -2.62. The average Bonchev–Trinajstić information content (AvgIpc) is 3.41. The van der Waals surface area contributed by atoms with Gasteiger partial charge < -0.3 is 69.3 Å². The molecule has 52 heavy (non-hydrogen) atoms. The fourth-order valence-corrected chi connectivity index (χ4v) is 5.34. The number of hydrogen-bond acceptors (Lipinski definition) is 16. The van der Waals surface area contributed by atoms with E-state index in [2.05, 4.69) is 0 Å². The van der Waals surface area contributed by atoms with Crippen LogP contribution < -0.4 is 9.47 Å². The number of methoxy groups -OCH3 is 1. The Kier molecular flexibility index (Phi) is 12.1. The van der Waals surface area contributed by atoms with Crippen LogP contribution in [0.15, 0.2) is 72.8 Å². The van der Waals surface area contributed by atoms with Crippen LogP contribution in [0.4, 0.5) is 0 Å². The molecule has 2 saturated heterocycles. The minimum absolute atomic E-state index is 0.00900. The predicted molar refractivity (Wildman–Crippen MR) is 178 cm³/mol. The Hall–Kier alpha value is -5.04. The summed E-state index contributed by atoms with van der Waals surface area (Å²) in [6.45, 7) is -1.95. The van der Waals surface area contributed by atoms with Crippen molar-refractivity contribution in [1.29, 1.82) is 0 Å². The van der Waals surface area contributed by atoms with Crippen molar-refractivity contribution in [3.8, 4) is 28.7 Å². The smallest absolute Gasteiger partial charge is 0.330 e. The highest BCUT2D eigenvalue weighted by Crippen LogP contribution is 2.33. The maximum Gasteiger partial charge on any atom is 0.330 e. The number of carbonyl (C=O) groups excluding carboxylic acids is 2. The zero-order chi connectivity index (χ0) is 37.6. The monoisotopic (exact) mass is 726 g/mol. The summed E-state index contributed by atoms with van der Waals surface area (Å²) in [5, 5.41) is 82.2. The first-order chi connectivity index (χ1) is 24.8. The molecule has 0 aliphatic carbocycles. The molecule has 8 N–H and O–H groups in total. The van der Waals surface area contributed by atoms with Crippen LogP contribution in [-0.2, 0) is 23.7 Å². The Morgan fingerprint density at radius 3 is 2.29 bits per heavy atom. The Balaban J connectivity index is 1.21.